The van der Waals surface area contributed by atoms with Gasteiger partial charge >= 0.3 is 0 Å². The van der Waals surface area contributed by atoms with Crippen LogP contribution in [0.2, 0.25) is 0 Å². The van der Waals surface area contributed by atoms with Crippen molar-refractivity contribution >= 4 is 45.9 Å². The fraction of sp³-hybridized carbons (Fsp3) is 0.231. The van der Waals surface area contributed by atoms with E-state index in [9.17, 15) is 9.59 Å². The molecule has 5 nitrogen and oxygen atoms in total. The minimum absolute atomic E-state index is 0.0610. The molecule has 1 saturated heterocycles. The van der Waals surface area contributed by atoms with Gasteiger partial charge in [0.2, 0.25) is 0 Å². The highest BCUT2D eigenvalue weighted by molar-refractivity contribution is 8.00. The van der Waals surface area contributed by atoms with E-state index in [0.717, 1.165) is 42.4 Å². The Bertz CT molecular complexity index is 1270. The number of amides is 2. The molecule has 2 aromatic carbocycles. The van der Waals surface area contributed by atoms with Gasteiger partial charge in [-0.3, -0.25) is 9.59 Å². The van der Waals surface area contributed by atoms with Gasteiger partial charge in [0.15, 0.2) is 5.76 Å². The maximum atomic E-state index is 13.1. The van der Waals surface area contributed by atoms with Crippen molar-refractivity contribution in [2.75, 3.05) is 13.1 Å². The number of carbonyl (C=O) groups is 2. The number of rotatable bonds is 7. The molecular weight excluding hydrogens is 452 g/mol. The van der Waals surface area contributed by atoms with Crippen LogP contribution in [-0.2, 0) is 12.3 Å². The molecule has 4 aromatic rings. The van der Waals surface area contributed by atoms with Crippen LogP contribution in [0.5, 0.6) is 0 Å². The molecule has 0 bridgehead atoms. The molecule has 1 aliphatic heterocycles. The molecule has 1 fully saturated rings. The highest BCUT2D eigenvalue weighted by atomic mass is 32.2. The van der Waals surface area contributed by atoms with E-state index in [1.54, 1.807) is 23.1 Å². The van der Waals surface area contributed by atoms with E-state index in [1.807, 2.05) is 64.9 Å². The standard InChI is InChI=1S/C26H24N2O3S2/c29-25(27-16-18-7-5-8-19(15-18)26(30)28-12-3-4-13-28)24-21(17-33-23-11-6-14-32-23)20-9-1-2-10-22(20)31-24/h1-2,5-11,14-15H,3-4,12-13,16-17H2,(H,27,29). The Hall–Kier alpha value is -3.03. The van der Waals surface area contributed by atoms with E-state index in [4.69, 9.17) is 4.42 Å². The number of para-hydroxylation sites is 1. The zero-order valence-corrected chi connectivity index (χ0v) is 19.7. The highest BCUT2D eigenvalue weighted by Gasteiger charge is 2.22. The molecule has 0 radical (unpaired) electrons. The molecule has 2 aromatic heterocycles. The molecule has 5 rings (SSSR count). The average Bonchev–Trinajstić information content (AvgIpc) is 3.62. The van der Waals surface area contributed by atoms with Crippen molar-refractivity contribution in [2.45, 2.75) is 29.3 Å². The van der Waals surface area contributed by atoms with E-state index >= 15 is 0 Å². The Kier molecular flexibility index (Phi) is 6.51. The van der Waals surface area contributed by atoms with Crippen molar-refractivity contribution in [3.8, 4) is 0 Å². The fourth-order valence-corrected chi connectivity index (χ4v) is 5.91. The second-order valence-electron chi connectivity index (χ2n) is 8.01. The van der Waals surface area contributed by atoms with Crippen LogP contribution in [0.3, 0.4) is 0 Å². The predicted molar refractivity (Wildman–Crippen MR) is 133 cm³/mol. The Morgan fingerprint density at radius 3 is 2.70 bits per heavy atom. The first-order valence-corrected chi connectivity index (χ1v) is 12.9. The molecule has 0 saturated carbocycles. The average molecular weight is 477 g/mol. The number of furan rings is 1. The van der Waals surface area contributed by atoms with Gasteiger partial charge in [0.05, 0.1) is 4.21 Å². The number of fused-ring (bicyclic) bond motifs is 1. The third kappa shape index (κ3) is 4.84. The number of carbonyl (C=O) groups excluding carboxylic acids is 2. The van der Waals surface area contributed by atoms with Crippen molar-refractivity contribution < 1.29 is 14.0 Å². The summed E-state index contributed by atoms with van der Waals surface area (Å²) in [6.07, 6.45) is 2.12. The van der Waals surface area contributed by atoms with Gasteiger partial charge < -0.3 is 14.6 Å². The summed E-state index contributed by atoms with van der Waals surface area (Å²) in [5.41, 5.74) is 3.17. The van der Waals surface area contributed by atoms with Crippen LogP contribution in [-0.4, -0.2) is 29.8 Å². The van der Waals surface area contributed by atoms with Gasteiger partial charge in [-0.1, -0.05) is 36.4 Å². The summed E-state index contributed by atoms with van der Waals surface area (Å²) in [7, 11) is 0. The normalized spacial score (nSPS) is 13.5. The summed E-state index contributed by atoms with van der Waals surface area (Å²) in [4.78, 5) is 27.7. The third-order valence-electron chi connectivity index (χ3n) is 5.78. The fourth-order valence-electron chi connectivity index (χ4n) is 4.09. The lowest BCUT2D eigenvalue weighted by atomic mass is 10.1. The van der Waals surface area contributed by atoms with Crippen LogP contribution in [0.15, 0.2) is 74.7 Å². The van der Waals surface area contributed by atoms with Crippen molar-refractivity contribution in [3.05, 3.63) is 88.5 Å². The maximum absolute atomic E-state index is 13.1. The Morgan fingerprint density at radius 2 is 1.88 bits per heavy atom. The molecular formula is C26H24N2O3S2. The van der Waals surface area contributed by atoms with Gasteiger partial charge in [0.25, 0.3) is 11.8 Å². The molecule has 0 unspecified atom stereocenters. The van der Waals surface area contributed by atoms with Gasteiger partial charge in [0, 0.05) is 41.9 Å². The first-order valence-electron chi connectivity index (χ1n) is 11.0. The van der Waals surface area contributed by atoms with Crippen molar-refractivity contribution in [1.82, 2.24) is 10.2 Å². The number of hydrogen-bond donors (Lipinski definition) is 1. The summed E-state index contributed by atoms with van der Waals surface area (Å²) in [6.45, 7) is 1.96. The summed E-state index contributed by atoms with van der Waals surface area (Å²) < 4.78 is 7.17. The quantitative estimate of drug-likeness (QED) is 0.335. The number of nitrogens with one attached hydrogen (secondary N) is 1. The van der Waals surface area contributed by atoms with E-state index in [2.05, 4.69) is 11.4 Å². The number of likely N-dealkylation sites (tertiary alicyclic amines) is 1. The van der Waals surface area contributed by atoms with E-state index in [0.29, 0.717) is 29.2 Å². The smallest absolute Gasteiger partial charge is 0.287 e. The molecule has 0 spiro atoms. The molecule has 3 heterocycles. The van der Waals surface area contributed by atoms with Crippen molar-refractivity contribution in [2.24, 2.45) is 0 Å². The molecule has 7 heteroatoms. The lowest BCUT2D eigenvalue weighted by molar-refractivity contribution is 0.0792. The number of hydrogen-bond acceptors (Lipinski definition) is 5. The number of thiophene rings is 1. The minimum atomic E-state index is -0.246. The summed E-state index contributed by atoms with van der Waals surface area (Å²) in [5, 5.41) is 5.99. The maximum Gasteiger partial charge on any atom is 0.287 e. The van der Waals surface area contributed by atoms with Crippen LogP contribution in [0, 0.1) is 0 Å². The molecule has 0 atom stereocenters. The molecule has 33 heavy (non-hydrogen) atoms. The summed E-state index contributed by atoms with van der Waals surface area (Å²) in [6, 6.07) is 19.4. The van der Waals surface area contributed by atoms with Gasteiger partial charge in [-0.2, -0.15) is 0 Å². The lowest BCUT2D eigenvalue weighted by Gasteiger charge is -2.15. The van der Waals surface area contributed by atoms with E-state index in [-0.39, 0.29) is 11.8 Å². The molecule has 168 valence electrons. The Labute approximate surface area is 200 Å². The van der Waals surface area contributed by atoms with Gasteiger partial charge in [-0.25, -0.2) is 0 Å². The number of nitrogens with zero attached hydrogens (tertiary/aromatic N) is 1. The first-order chi connectivity index (χ1) is 16.2. The molecule has 1 aliphatic rings. The largest absolute Gasteiger partial charge is 0.451 e. The minimum Gasteiger partial charge on any atom is -0.451 e. The Balaban J connectivity index is 1.32. The van der Waals surface area contributed by atoms with E-state index in [1.165, 1.54) is 4.21 Å². The van der Waals surface area contributed by atoms with Gasteiger partial charge in [0.1, 0.15) is 5.58 Å². The summed E-state index contributed by atoms with van der Waals surface area (Å²) in [5.74, 6) is 0.819. The SMILES string of the molecule is O=C(NCc1cccc(C(=O)N2CCCC2)c1)c1oc2ccccc2c1CSc1cccs1. The molecule has 1 N–H and O–H groups in total. The predicted octanol–water partition coefficient (Wildman–Crippen LogP) is 5.95. The van der Waals surface area contributed by atoms with Crippen LogP contribution in [0.25, 0.3) is 11.0 Å². The van der Waals surface area contributed by atoms with E-state index < -0.39 is 0 Å². The van der Waals surface area contributed by atoms with Crippen LogP contribution in [0.4, 0.5) is 0 Å². The zero-order valence-electron chi connectivity index (χ0n) is 18.1. The number of benzene rings is 2. The zero-order chi connectivity index (χ0) is 22.6. The van der Waals surface area contributed by atoms with Gasteiger partial charge in [-0.15, -0.1) is 23.1 Å². The van der Waals surface area contributed by atoms with Gasteiger partial charge in [-0.05, 0) is 48.1 Å². The highest BCUT2D eigenvalue weighted by Crippen LogP contribution is 2.33. The topological polar surface area (TPSA) is 62.6 Å². The molecule has 0 aliphatic carbocycles. The van der Waals surface area contributed by atoms with Crippen LogP contribution in [0.1, 0.15) is 44.9 Å². The second-order valence-corrected chi connectivity index (χ2v) is 10.2. The van der Waals surface area contributed by atoms with Crippen LogP contribution >= 0.6 is 23.1 Å². The Morgan fingerprint density at radius 1 is 1.03 bits per heavy atom. The molecule has 2 amide bonds. The monoisotopic (exact) mass is 476 g/mol. The number of thioether (sulfide) groups is 1. The summed E-state index contributed by atoms with van der Waals surface area (Å²) >= 11 is 3.38. The van der Waals surface area contributed by atoms with Crippen molar-refractivity contribution in [3.63, 3.8) is 0 Å². The first kappa shape index (κ1) is 21.8. The third-order valence-corrected chi connectivity index (χ3v) is 7.94. The second kappa shape index (κ2) is 9.85. The van der Waals surface area contributed by atoms with Crippen molar-refractivity contribution in [1.29, 1.82) is 0 Å². The van der Waals surface area contributed by atoms with Crippen LogP contribution < -0.4 is 5.32 Å². The lowest BCUT2D eigenvalue weighted by Crippen LogP contribution is -2.28.